The smallest absolute Gasteiger partial charge is 0.220 e. The highest BCUT2D eigenvalue weighted by atomic mass is 16.5. The summed E-state index contributed by atoms with van der Waals surface area (Å²) in [5, 5.41) is 2.96. The van der Waals surface area contributed by atoms with Crippen molar-refractivity contribution < 1.29 is 9.53 Å². The summed E-state index contributed by atoms with van der Waals surface area (Å²) in [4.78, 5) is 11.7. The molecule has 0 aromatic heterocycles. The number of aryl methyl sites for hydroxylation is 1. The number of benzene rings is 1. The SMILES string of the molecule is COc1ccc(CCC(=O)NCCCCCCN)cc1. The van der Waals surface area contributed by atoms with Crippen molar-refractivity contribution in [1.29, 1.82) is 0 Å². The fraction of sp³-hybridized carbons (Fsp3) is 0.562. The highest BCUT2D eigenvalue weighted by Crippen LogP contribution is 2.12. The van der Waals surface area contributed by atoms with Gasteiger partial charge in [0.25, 0.3) is 0 Å². The van der Waals surface area contributed by atoms with Gasteiger partial charge in [-0.1, -0.05) is 25.0 Å². The molecule has 1 rings (SSSR count). The molecule has 0 bridgehead atoms. The minimum atomic E-state index is 0.125. The second-order valence-electron chi connectivity index (χ2n) is 4.90. The molecule has 0 saturated carbocycles. The molecule has 0 heterocycles. The van der Waals surface area contributed by atoms with E-state index in [0.29, 0.717) is 6.42 Å². The van der Waals surface area contributed by atoms with Crippen molar-refractivity contribution >= 4 is 5.91 Å². The summed E-state index contributed by atoms with van der Waals surface area (Å²) in [5.41, 5.74) is 6.58. The van der Waals surface area contributed by atoms with Crippen molar-refractivity contribution in [2.45, 2.75) is 38.5 Å². The average molecular weight is 278 g/mol. The quantitative estimate of drug-likeness (QED) is 0.645. The second kappa shape index (κ2) is 10.3. The monoisotopic (exact) mass is 278 g/mol. The van der Waals surface area contributed by atoms with Gasteiger partial charge < -0.3 is 15.8 Å². The van der Waals surface area contributed by atoms with E-state index in [1.807, 2.05) is 24.3 Å². The maximum absolute atomic E-state index is 11.7. The van der Waals surface area contributed by atoms with Crippen LogP contribution >= 0.6 is 0 Å². The summed E-state index contributed by atoms with van der Waals surface area (Å²) in [6.45, 7) is 1.53. The van der Waals surface area contributed by atoms with Gasteiger partial charge in [-0.2, -0.15) is 0 Å². The number of ether oxygens (including phenoxy) is 1. The Morgan fingerprint density at radius 2 is 1.85 bits per heavy atom. The highest BCUT2D eigenvalue weighted by molar-refractivity contribution is 5.76. The van der Waals surface area contributed by atoms with Gasteiger partial charge in [0.05, 0.1) is 7.11 Å². The third kappa shape index (κ3) is 7.14. The van der Waals surface area contributed by atoms with Gasteiger partial charge in [-0.05, 0) is 43.5 Å². The van der Waals surface area contributed by atoms with E-state index >= 15 is 0 Å². The lowest BCUT2D eigenvalue weighted by Gasteiger charge is -2.06. The summed E-state index contributed by atoms with van der Waals surface area (Å²) >= 11 is 0. The highest BCUT2D eigenvalue weighted by Gasteiger charge is 2.02. The molecule has 1 aromatic rings. The second-order valence-corrected chi connectivity index (χ2v) is 4.90. The maximum Gasteiger partial charge on any atom is 0.220 e. The summed E-state index contributed by atoms with van der Waals surface area (Å²) < 4.78 is 5.10. The molecule has 0 fully saturated rings. The predicted octanol–water partition coefficient (Wildman–Crippen LogP) is 2.26. The first-order valence-electron chi connectivity index (χ1n) is 7.36. The van der Waals surface area contributed by atoms with Crippen LogP contribution in [0.25, 0.3) is 0 Å². The van der Waals surface area contributed by atoms with Gasteiger partial charge in [-0.25, -0.2) is 0 Å². The number of carbonyl (C=O) groups excluding carboxylic acids is 1. The standard InChI is InChI=1S/C16H26N2O2/c1-20-15-9-6-14(7-10-15)8-11-16(19)18-13-5-3-2-4-12-17/h6-7,9-10H,2-5,8,11-13,17H2,1H3,(H,18,19). The molecule has 3 N–H and O–H groups in total. The lowest BCUT2D eigenvalue weighted by Crippen LogP contribution is -2.24. The Morgan fingerprint density at radius 3 is 2.50 bits per heavy atom. The predicted molar refractivity (Wildman–Crippen MR) is 81.8 cm³/mol. The average Bonchev–Trinajstić information content (AvgIpc) is 2.49. The molecule has 0 unspecified atom stereocenters. The Hall–Kier alpha value is -1.55. The minimum absolute atomic E-state index is 0.125. The third-order valence-corrected chi connectivity index (χ3v) is 3.25. The number of unbranched alkanes of at least 4 members (excludes halogenated alkanes) is 3. The van der Waals surface area contributed by atoms with E-state index in [0.717, 1.165) is 56.5 Å². The molecule has 0 atom stereocenters. The Bertz CT molecular complexity index is 377. The van der Waals surface area contributed by atoms with Crippen LogP contribution in [0, 0.1) is 0 Å². The van der Waals surface area contributed by atoms with Gasteiger partial charge >= 0.3 is 0 Å². The summed E-state index contributed by atoms with van der Waals surface area (Å²) in [6, 6.07) is 7.84. The van der Waals surface area contributed by atoms with Gasteiger partial charge in [0.1, 0.15) is 5.75 Å². The molecule has 0 spiro atoms. The zero-order valence-corrected chi connectivity index (χ0v) is 12.4. The van der Waals surface area contributed by atoms with Crippen molar-refractivity contribution in [2.75, 3.05) is 20.2 Å². The van der Waals surface area contributed by atoms with Gasteiger partial charge in [0.2, 0.25) is 5.91 Å². The molecule has 1 amide bonds. The molecule has 0 aliphatic rings. The lowest BCUT2D eigenvalue weighted by atomic mass is 10.1. The molecule has 0 radical (unpaired) electrons. The van der Waals surface area contributed by atoms with Crippen molar-refractivity contribution in [3.63, 3.8) is 0 Å². The van der Waals surface area contributed by atoms with Crippen LogP contribution in [0.2, 0.25) is 0 Å². The van der Waals surface area contributed by atoms with Gasteiger partial charge in [-0.3, -0.25) is 4.79 Å². The first kappa shape index (κ1) is 16.5. The van der Waals surface area contributed by atoms with E-state index in [9.17, 15) is 4.79 Å². The molecule has 1 aromatic carbocycles. The Morgan fingerprint density at radius 1 is 1.15 bits per heavy atom. The van der Waals surface area contributed by atoms with E-state index in [2.05, 4.69) is 5.32 Å². The van der Waals surface area contributed by atoms with Gasteiger partial charge in [0.15, 0.2) is 0 Å². The third-order valence-electron chi connectivity index (χ3n) is 3.25. The molecule has 112 valence electrons. The van der Waals surface area contributed by atoms with Crippen molar-refractivity contribution in [3.8, 4) is 5.75 Å². The summed E-state index contributed by atoms with van der Waals surface area (Å²) in [7, 11) is 1.65. The van der Waals surface area contributed by atoms with E-state index in [1.165, 1.54) is 0 Å². The Labute approximate surface area is 121 Å². The Kier molecular flexibility index (Phi) is 8.47. The van der Waals surface area contributed by atoms with Crippen LogP contribution in [0.5, 0.6) is 5.75 Å². The number of carbonyl (C=O) groups is 1. The van der Waals surface area contributed by atoms with Gasteiger partial charge in [-0.15, -0.1) is 0 Å². The van der Waals surface area contributed by atoms with Crippen molar-refractivity contribution in [1.82, 2.24) is 5.32 Å². The van der Waals surface area contributed by atoms with Crippen LogP contribution < -0.4 is 15.8 Å². The number of nitrogens with one attached hydrogen (secondary N) is 1. The van der Waals surface area contributed by atoms with Crippen LogP contribution in [-0.2, 0) is 11.2 Å². The van der Waals surface area contributed by atoms with E-state index in [-0.39, 0.29) is 5.91 Å². The van der Waals surface area contributed by atoms with E-state index < -0.39 is 0 Å². The maximum atomic E-state index is 11.7. The molecule has 0 aliphatic carbocycles. The largest absolute Gasteiger partial charge is 0.497 e. The fourth-order valence-electron chi connectivity index (χ4n) is 1.99. The molecule has 0 aliphatic heterocycles. The van der Waals surface area contributed by atoms with Crippen molar-refractivity contribution in [2.24, 2.45) is 5.73 Å². The zero-order chi connectivity index (χ0) is 14.6. The molecule has 20 heavy (non-hydrogen) atoms. The molecular formula is C16H26N2O2. The minimum Gasteiger partial charge on any atom is -0.497 e. The first-order valence-corrected chi connectivity index (χ1v) is 7.36. The molecule has 4 nitrogen and oxygen atoms in total. The number of amides is 1. The number of hydrogen-bond acceptors (Lipinski definition) is 3. The van der Waals surface area contributed by atoms with Crippen LogP contribution in [0.1, 0.15) is 37.7 Å². The summed E-state index contributed by atoms with van der Waals surface area (Å²) in [6.07, 6.45) is 5.70. The number of methoxy groups -OCH3 is 1. The van der Waals surface area contributed by atoms with Crippen LogP contribution in [0.3, 0.4) is 0 Å². The topological polar surface area (TPSA) is 64.3 Å². The number of nitrogens with two attached hydrogens (primary N) is 1. The fourth-order valence-corrected chi connectivity index (χ4v) is 1.99. The van der Waals surface area contributed by atoms with Crippen LogP contribution in [0.4, 0.5) is 0 Å². The van der Waals surface area contributed by atoms with E-state index in [1.54, 1.807) is 7.11 Å². The summed E-state index contributed by atoms with van der Waals surface area (Å²) in [5.74, 6) is 0.968. The van der Waals surface area contributed by atoms with Gasteiger partial charge in [0, 0.05) is 13.0 Å². The normalized spacial score (nSPS) is 10.3. The van der Waals surface area contributed by atoms with E-state index in [4.69, 9.17) is 10.5 Å². The van der Waals surface area contributed by atoms with Crippen molar-refractivity contribution in [3.05, 3.63) is 29.8 Å². The Balaban J connectivity index is 2.10. The first-order chi connectivity index (χ1) is 9.76. The molecular weight excluding hydrogens is 252 g/mol. The number of hydrogen-bond donors (Lipinski definition) is 2. The molecule has 4 heteroatoms. The molecule has 0 saturated heterocycles. The van der Waals surface area contributed by atoms with Crippen LogP contribution in [-0.4, -0.2) is 26.1 Å². The number of rotatable bonds is 10. The van der Waals surface area contributed by atoms with Crippen LogP contribution in [0.15, 0.2) is 24.3 Å². The lowest BCUT2D eigenvalue weighted by molar-refractivity contribution is -0.121. The zero-order valence-electron chi connectivity index (χ0n) is 12.4.